The van der Waals surface area contributed by atoms with Crippen molar-refractivity contribution < 1.29 is 28.7 Å². The van der Waals surface area contributed by atoms with Crippen molar-refractivity contribution in [1.29, 1.82) is 0 Å². The van der Waals surface area contributed by atoms with E-state index in [0.717, 1.165) is 6.07 Å². The molecule has 0 unspecified atom stereocenters. The Hall–Kier alpha value is -3.53. The number of carbonyl (C=O) groups is 2. The summed E-state index contributed by atoms with van der Waals surface area (Å²) in [6.07, 6.45) is 0. The van der Waals surface area contributed by atoms with Crippen molar-refractivity contribution in [1.82, 2.24) is 5.32 Å². The van der Waals surface area contributed by atoms with Gasteiger partial charge in [0.2, 0.25) is 11.5 Å². The highest BCUT2D eigenvalue weighted by atomic mass is 35.5. The third-order valence-electron chi connectivity index (χ3n) is 4.13. The summed E-state index contributed by atoms with van der Waals surface area (Å²) in [5.41, 5.74) is -0.589. The second kappa shape index (κ2) is 9.98. The van der Waals surface area contributed by atoms with Crippen molar-refractivity contribution in [2.24, 2.45) is 0 Å². The number of rotatable bonds is 8. The maximum absolute atomic E-state index is 13.0. The molecule has 0 atom stereocenters. The third-order valence-corrected chi connectivity index (χ3v) is 4.46. The molecule has 2 N–H and O–H groups in total. The van der Waals surface area contributed by atoms with Crippen LogP contribution in [-0.2, 0) is 0 Å². The number of nitrogens with zero attached hydrogens (tertiary/aromatic N) is 1. The number of benzene rings is 2. The molecule has 31 heavy (non-hydrogen) atoms. The van der Waals surface area contributed by atoms with Crippen LogP contribution in [0, 0.1) is 10.1 Å². The molecule has 0 saturated carbocycles. The first-order valence-corrected chi connectivity index (χ1v) is 9.41. The SMILES string of the molecule is COc1cc(C(=O)Nc2cc(C(=O)NC(C)C)ccc2Cl)c([N+](=O)[O-])c(OC)c1OC. The molecule has 2 amide bonds. The van der Waals surface area contributed by atoms with Gasteiger partial charge in [-0.1, -0.05) is 11.6 Å². The zero-order valence-electron chi connectivity index (χ0n) is 17.6. The summed E-state index contributed by atoms with van der Waals surface area (Å²) >= 11 is 6.16. The molecule has 0 saturated heterocycles. The number of nitrogens with one attached hydrogen (secondary N) is 2. The average Bonchev–Trinajstić information content (AvgIpc) is 2.72. The van der Waals surface area contributed by atoms with Gasteiger partial charge in [-0.15, -0.1) is 0 Å². The van der Waals surface area contributed by atoms with E-state index < -0.39 is 16.5 Å². The van der Waals surface area contributed by atoms with E-state index in [4.69, 9.17) is 25.8 Å². The fraction of sp³-hybridized carbons (Fsp3) is 0.300. The van der Waals surface area contributed by atoms with Gasteiger partial charge in [-0.05, 0) is 32.0 Å². The van der Waals surface area contributed by atoms with Crippen LogP contribution in [0.3, 0.4) is 0 Å². The molecular formula is C20H22ClN3O7. The number of methoxy groups -OCH3 is 3. The standard InChI is InChI=1S/C20H22ClN3O7/c1-10(2)22-19(25)11-6-7-13(21)14(8-11)23-20(26)12-9-15(29-3)17(30-4)18(31-5)16(12)24(27)28/h6-10H,1-5H3,(H,22,25)(H,23,26). The fourth-order valence-corrected chi connectivity index (χ4v) is 2.96. The Labute approximate surface area is 183 Å². The zero-order chi connectivity index (χ0) is 23.3. The molecule has 0 spiro atoms. The van der Waals surface area contributed by atoms with E-state index in [1.807, 2.05) is 0 Å². The zero-order valence-corrected chi connectivity index (χ0v) is 18.3. The van der Waals surface area contributed by atoms with E-state index in [2.05, 4.69) is 10.6 Å². The van der Waals surface area contributed by atoms with Gasteiger partial charge in [0.05, 0.1) is 37.0 Å². The van der Waals surface area contributed by atoms with Crippen LogP contribution in [0.4, 0.5) is 11.4 Å². The van der Waals surface area contributed by atoms with Crippen molar-refractivity contribution in [3.63, 3.8) is 0 Å². The van der Waals surface area contributed by atoms with Crippen LogP contribution in [0.15, 0.2) is 24.3 Å². The predicted octanol–water partition coefficient (Wildman–Crippen LogP) is 3.66. The summed E-state index contributed by atoms with van der Waals surface area (Å²) in [6.45, 7) is 3.61. The first-order chi connectivity index (χ1) is 14.6. The lowest BCUT2D eigenvalue weighted by Gasteiger charge is -2.15. The van der Waals surface area contributed by atoms with Gasteiger partial charge >= 0.3 is 5.69 Å². The fourth-order valence-electron chi connectivity index (χ4n) is 2.79. The van der Waals surface area contributed by atoms with Crippen molar-refractivity contribution in [2.45, 2.75) is 19.9 Å². The van der Waals surface area contributed by atoms with E-state index in [0.29, 0.717) is 0 Å². The first-order valence-electron chi connectivity index (χ1n) is 9.03. The highest BCUT2D eigenvalue weighted by molar-refractivity contribution is 6.34. The molecular weight excluding hydrogens is 430 g/mol. The van der Waals surface area contributed by atoms with Crippen molar-refractivity contribution in [2.75, 3.05) is 26.6 Å². The Morgan fingerprint density at radius 1 is 1.03 bits per heavy atom. The number of anilines is 1. The summed E-state index contributed by atoms with van der Waals surface area (Å²) in [5, 5.41) is 17.1. The van der Waals surface area contributed by atoms with Crippen LogP contribution in [0.1, 0.15) is 34.6 Å². The lowest BCUT2D eigenvalue weighted by Crippen LogP contribution is -2.30. The van der Waals surface area contributed by atoms with Gasteiger partial charge in [0.15, 0.2) is 5.75 Å². The van der Waals surface area contributed by atoms with Gasteiger partial charge in [0, 0.05) is 17.7 Å². The van der Waals surface area contributed by atoms with E-state index in [9.17, 15) is 19.7 Å². The summed E-state index contributed by atoms with van der Waals surface area (Å²) < 4.78 is 15.4. The summed E-state index contributed by atoms with van der Waals surface area (Å²) in [4.78, 5) is 36.2. The van der Waals surface area contributed by atoms with Crippen LogP contribution >= 0.6 is 11.6 Å². The van der Waals surface area contributed by atoms with Crippen molar-refractivity contribution in [3.8, 4) is 17.2 Å². The highest BCUT2D eigenvalue weighted by Crippen LogP contribution is 2.46. The van der Waals surface area contributed by atoms with E-state index in [-0.39, 0.29) is 51.0 Å². The number of nitro benzene ring substituents is 1. The molecule has 0 aliphatic heterocycles. The van der Waals surface area contributed by atoms with Crippen LogP contribution in [0.25, 0.3) is 0 Å². The number of nitro groups is 1. The molecule has 0 radical (unpaired) electrons. The number of hydrogen-bond donors (Lipinski definition) is 2. The largest absolute Gasteiger partial charge is 0.493 e. The van der Waals surface area contributed by atoms with Gasteiger partial charge in [0.25, 0.3) is 11.8 Å². The smallest absolute Gasteiger partial charge is 0.327 e. The number of ether oxygens (including phenoxy) is 3. The maximum Gasteiger partial charge on any atom is 0.327 e. The number of carbonyl (C=O) groups excluding carboxylic acids is 2. The van der Waals surface area contributed by atoms with Crippen LogP contribution in [0.2, 0.25) is 5.02 Å². The molecule has 0 aliphatic rings. The predicted molar refractivity (Wildman–Crippen MR) is 115 cm³/mol. The summed E-state index contributed by atoms with van der Waals surface area (Å²) in [5.74, 6) is -1.45. The molecule has 2 rings (SSSR count). The molecule has 2 aromatic carbocycles. The lowest BCUT2D eigenvalue weighted by molar-refractivity contribution is -0.386. The third kappa shape index (κ3) is 5.15. The molecule has 2 aromatic rings. The van der Waals surface area contributed by atoms with E-state index in [1.54, 1.807) is 13.8 Å². The van der Waals surface area contributed by atoms with Gasteiger partial charge in [-0.25, -0.2) is 0 Å². The molecule has 0 aromatic heterocycles. The molecule has 0 fully saturated rings. The summed E-state index contributed by atoms with van der Waals surface area (Å²) in [7, 11) is 3.81. The molecule has 11 heteroatoms. The van der Waals surface area contributed by atoms with Gasteiger partial charge < -0.3 is 24.8 Å². The van der Waals surface area contributed by atoms with Gasteiger partial charge in [-0.3, -0.25) is 19.7 Å². The molecule has 166 valence electrons. The Bertz CT molecular complexity index is 1020. The van der Waals surface area contributed by atoms with Crippen LogP contribution in [0.5, 0.6) is 17.2 Å². The lowest BCUT2D eigenvalue weighted by atomic mass is 10.1. The highest BCUT2D eigenvalue weighted by Gasteiger charge is 2.32. The quantitative estimate of drug-likeness (QED) is 0.462. The van der Waals surface area contributed by atoms with E-state index >= 15 is 0 Å². The molecule has 10 nitrogen and oxygen atoms in total. The average molecular weight is 452 g/mol. The second-order valence-electron chi connectivity index (χ2n) is 6.58. The minimum Gasteiger partial charge on any atom is -0.493 e. The molecule has 0 heterocycles. The van der Waals surface area contributed by atoms with Crippen LogP contribution in [-0.4, -0.2) is 44.1 Å². The van der Waals surface area contributed by atoms with Crippen LogP contribution < -0.4 is 24.8 Å². The van der Waals surface area contributed by atoms with Gasteiger partial charge in [0.1, 0.15) is 5.56 Å². The first kappa shape index (κ1) is 23.7. The Morgan fingerprint density at radius 3 is 2.19 bits per heavy atom. The number of amides is 2. The Balaban J connectivity index is 2.53. The second-order valence-corrected chi connectivity index (χ2v) is 6.98. The summed E-state index contributed by atoms with van der Waals surface area (Å²) in [6, 6.07) is 5.39. The molecule has 0 bridgehead atoms. The Morgan fingerprint density at radius 2 is 1.68 bits per heavy atom. The maximum atomic E-state index is 13.0. The topological polar surface area (TPSA) is 129 Å². The van der Waals surface area contributed by atoms with Crippen molar-refractivity contribution >= 4 is 34.8 Å². The van der Waals surface area contributed by atoms with Crippen molar-refractivity contribution in [3.05, 3.63) is 50.5 Å². The molecule has 0 aliphatic carbocycles. The minimum atomic E-state index is -0.853. The Kier molecular flexibility index (Phi) is 7.65. The number of hydrogen-bond acceptors (Lipinski definition) is 7. The van der Waals surface area contributed by atoms with Gasteiger partial charge in [-0.2, -0.15) is 0 Å². The van der Waals surface area contributed by atoms with E-state index in [1.165, 1.54) is 39.5 Å². The number of halogens is 1. The normalized spacial score (nSPS) is 10.4. The minimum absolute atomic E-state index is 0.0290. The monoisotopic (exact) mass is 451 g/mol.